The van der Waals surface area contributed by atoms with Crippen LogP contribution in [0.2, 0.25) is 10.0 Å². The lowest BCUT2D eigenvalue weighted by molar-refractivity contribution is -0.118. The van der Waals surface area contributed by atoms with Crippen molar-refractivity contribution in [3.63, 3.8) is 0 Å². The van der Waals surface area contributed by atoms with Crippen molar-refractivity contribution in [1.82, 2.24) is 10.4 Å². The van der Waals surface area contributed by atoms with Gasteiger partial charge in [-0.3, -0.25) is 4.79 Å². The molecule has 3 aromatic carbocycles. The van der Waals surface area contributed by atoms with Crippen LogP contribution >= 0.6 is 35.0 Å². The number of hydrogen-bond acceptors (Lipinski definition) is 7. The van der Waals surface area contributed by atoms with Gasteiger partial charge in [0.15, 0.2) is 17.1 Å². The zero-order valence-corrected chi connectivity index (χ0v) is 20.3. The van der Waals surface area contributed by atoms with E-state index in [-0.39, 0.29) is 18.3 Å². The minimum atomic E-state index is -0.290. The molecule has 4 aromatic rings. The van der Waals surface area contributed by atoms with Crippen molar-refractivity contribution in [2.24, 2.45) is 5.10 Å². The molecule has 1 heterocycles. The average molecular weight is 516 g/mol. The smallest absolute Gasteiger partial charge is 0.257 e. The van der Waals surface area contributed by atoms with Crippen LogP contribution in [0.5, 0.6) is 11.5 Å². The van der Waals surface area contributed by atoms with Crippen molar-refractivity contribution in [2.75, 3.05) is 12.9 Å². The highest BCUT2D eigenvalue weighted by Gasteiger charge is 2.11. The van der Waals surface area contributed by atoms with Crippen LogP contribution in [-0.4, -0.2) is 30.0 Å². The Morgan fingerprint density at radius 1 is 1.12 bits per heavy atom. The molecule has 0 saturated heterocycles. The normalized spacial score (nSPS) is 11.1. The number of rotatable bonds is 9. The van der Waals surface area contributed by atoms with Crippen molar-refractivity contribution in [1.29, 1.82) is 0 Å². The first-order valence-electron chi connectivity index (χ1n) is 10.1. The summed E-state index contributed by atoms with van der Waals surface area (Å²) in [5, 5.41) is 5.47. The summed E-state index contributed by atoms with van der Waals surface area (Å²) in [6.45, 7) is 0.166. The van der Waals surface area contributed by atoms with Gasteiger partial charge in [0.05, 0.1) is 19.1 Å². The highest BCUT2D eigenvalue weighted by atomic mass is 35.5. The molecular weight excluding hydrogens is 497 g/mol. The van der Waals surface area contributed by atoms with Gasteiger partial charge in [-0.15, -0.1) is 0 Å². The largest absolute Gasteiger partial charge is 0.493 e. The monoisotopic (exact) mass is 515 g/mol. The number of nitrogens with zero attached hydrogens (tertiary/aromatic N) is 2. The van der Waals surface area contributed by atoms with E-state index in [0.29, 0.717) is 43.5 Å². The number of nitrogens with one attached hydrogen (secondary N) is 1. The summed E-state index contributed by atoms with van der Waals surface area (Å²) in [7, 11) is 1.55. The molecule has 1 aromatic heterocycles. The Labute approximate surface area is 210 Å². The summed E-state index contributed by atoms with van der Waals surface area (Å²) in [4.78, 5) is 16.5. The number of fused-ring (bicyclic) bond motifs is 1. The Morgan fingerprint density at radius 2 is 1.91 bits per heavy atom. The highest BCUT2D eigenvalue weighted by Crippen LogP contribution is 2.31. The summed E-state index contributed by atoms with van der Waals surface area (Å²) in [6.07, 6.45) is 1.51. The Balaban J connectivity index is 1.34. The van der Waals surface area contributed by atoms with E-state index in [1.165, 1.54) is 18.0 Å². The van der Waals surface area contributed by atoms with Gasteiger partial charge in [0, 0.05) is 15.6 Å². The van der Waals surface area contributed by atoms with Gasteiger partial charge in [0.2, 0.25) is 0 Å². The van der Waals surface area contributed by atoms with Crippen LogP contribution in [0.3, 0.4) is 0 Å². The van der Waals surface area contributed by atoms with Crippen LogP contribution in [0.15, 0.2) is 75.4 Å². The highest BCUT2D eigenvalue weighted by molar-refractivity contribution is 7.99. The van der Waals surface area contributed by atoms with Crippen LogP contribution in [0.1, 0.15) is 11.1 Å². The van der Waals surface area contributed by atoms with Crippen molar-refractivity contribution in [3.8, 4) is 11.5 Å². The molecule has 10 heteroatoms. The second-order valence-corrected chi connectivity index (χ2v) is 8.67. The van der Waals surface area contributed by atoms with E-state index in [9.17, 15) is 4.79 Å². The molecule has 0 aliphatic heterocycles. The predicted octanol–water partition coefficient (Wildman–Crippen LogP) is 5.96. The van der Waals surface area contributed by atoms with Crippen LogP contribution < -0.4 is 14.9 Å². The lowest BCUT2D eigenvalue weighted by Crippen LogP contribution is -2.19. The molecule has 0 aliphatic rings. The fourth-order valence-corrected chi connectivity index (χ4v) is 4.09. The zero-order chi connectivity index (χ0) is 23.9. The van der Waals surface area contributed by atoms with Crippen LogP contribution in [-0.2, 0) is 11.4 Å². The minimum Gasteiger partial charge on any atom is -0.493 e. The molecule has 34 heavy (non-hydrogen) atoms. The number of benzene rings is 3. The van der Waals surface area contributed by atoms with Crippen LogP contribution in [0.4, 0.5) is 0 Å². The maximum atomic E-state index is 12.1. The van der Waals surface area contributed by atoms with Crippen molar-refractivity contribution < 1.29 is 18.7 Å². The van der Waals surface area contributed by atoms with Crippen molar-refractivity contribution >= 4 is 58.2 Å². The molecule has 0 spiro atoms. The second-order valence-electron chi connectivity index (χ2n) is 6.93. The molecule has 1 amide bonds. The summed E-state index contributed by atoms with van der Waals surface area (Å²) < 4.78 is 16.8. The maximum absolute atomic E-state index is 12.1. The summed E-state index contributed by atoms with van der Waals surface area (Å²) >= 11 is 13.6. The van der Waals surface area contributed by atoms with E-state index in [4.69, 9.17) is 37.1 Å². The first kappa shape index (κ1) is 23.9. The summed E-state index contributed by atoms with van der Waals surface area (Å²) in [6, 6.07) is 18.0. The maximum Gasteiger partial charge on any atom is 0.257 e. The fourth-order valence-electron chi connectivity index (χ4n) is 2.96. The minimum absolute atomic E-state index is 0.111. The number of aromatic nitrogens is 1. The van der Waals surface area contributed by atoms with Crippen LogP contribution in [0, 0.1) is 0 Å². The van der Waals surface area contributed by atoms with Gasteiger partial charge in [-0.2, -0.15) is 5.10 Å². The molecule has 1 N–H and O–H groups in total. The molecule has 4 rings (SSSR count). The quantitative estimate of drug-likeness (QED) is 0.168. The number of thioether (sulfide) groups is 1. The number of oxazole rings is 1. The first-order valence-corrected chi connectivity index (χ1v) is 11.8. The molecule has 0 radical (unpaired) electrons. The van der Waals surface area contributed by atoms with E-state index in [0.717, 1.165) is 5.52 Å². The standard InChI is InChI=1S/C24H19Cl2N3O4S/c1-31-21-10-9-15(11-22(21)32-13-16-17(25)5-4-6-18(16)26)12-27-29-23(30)14-34-24-28-19-7-2-3-8-20(19)33-24/h2-12H,13-14H2,1H3,(H,29,30)/b27-12-. The SMILES string of the molecule is COc1ccc(/C=N\NC(=O)CSc2nc3ccccc3o2)cc1OCc1c(Cl)cccc1Cl. The van der Waals surface area contributed by atoms with Crippen molar-refractivity contribution in [3.05, 3.63) is 81.8 Å². The van der Waals surface area contributed by atoms with Crippen molar-refractivity contribution in [2.45, 2.75) is 11.8 Å². The number of para-hydroxylation sites is 2. The lowest BCUT2D eigenvalue weighted by Gasteiger charge is -2.13. The number of carbonyl (C=O) groups excluding carboxylic acids is 1. The molecule has 0 fully saturated rings. The van der Waals surface area contributed by atoms with Gasteiger partial charge in [-0.1, -0.05) is 53.2 Å². The molecule has 0 aliphatic carbocycles. The summed E-state index contributed by atoms with van der Waals surface area (Å²) in [5.74, 6) is 0.848. The van der Waals surface area contributed by atoms with Gasteiger partial charge in [0.25, 0.3) is 11.1 Å². The second kappa shape index (κ2) is 11.3. The number of ether oxygens (including phenoxy) is 2. The Hall–Kier alpha value is -3.20. The number of carbonyl (C=O) groups is 1. The van der Waals surface area contributed by atoms with Gasteiger partial charge >= 0.3 is 0 Å². The molecule has 0 saturated carbocycles. The topological polar surface area (TPSA) is 86.0 Å². The van der Waals surface area contributed by atoms with E-state index in [1.54, 1.807) is 43.5 Å². The molecule has 0 unspecified atom stereocenters. The molecule has 7 nitrogen and oxygen atoms in total. The number of halogens is 2. The van der Waals surface area contributed by atoms with E-state index >= 15 is 0 Å². The van der Waals surface area contributed by atoms with E-state index in [2.05, 4.69) is 15.5 Å². The summed E-state index contributed by atoms with van der Waals surface area (Å²) in [5.41, 5.74) is 5.29. The third-order valence-corrected chi connectivity index (χ3v) is 6.16. The Kier molecular flexibility index (Phi) is 7.95. The first-order chi connectivity index (χ1) is 16.5. The van der Waals surface area contributed by atoms with Gasteiger partial charge in [-0.25, -0.2) is 10.4 Å². The van der Waals surface area contributed by atoms with Crippen LogP contribution in [0.25, 0.3) is 11.1 Å². The van der Waals surface area contributed by atoms with Gasteiger partial charge in [-0.05, 0) is 48.0 Å². The Morgan fingerprint density at radius 3 is 2.68 bits per heavy atom. The molecule has 0 bridgehead atoms. The third kappa shape index (κ3) is 6.02. The van der Waals surface area contributed by atoms with E-state index < -0.39 is 0 Å². The number of hydrazone groups is 1. The van der Waals surface area contributed by atoms with Gasteiger partial charge in [0.1, 0.15) is 12.1 Å². The molecule has 0 atom stereocenters. The number of amides is 1. The van der Waals surface area contributed by atoms with Gasteiger partial charge < -0.3 is 13.9 Å². The fraction of sp³-hybridized carbons (Fsp3) is 0.125. The third-order valence-electron chi connectivity index (χ3n) is 4.63. The number of methoxy groups -OCH3 is 1. The molecular formula is C24H19Cl2N3O4S. The Bertz CT molecular complexity index is 1290. The molecule has 174 valence electrons. The zero-order valence-electron chi connectivity index (χ0n) is 18.0. The predicted molar refractivity (Wildman–Crippen MR) is 134 cm³/mol. The van der Waals surface area contributed by atoms with E-state index in [1.807, 2.05) is 24.3 Å². The average Bonchev–Trinajstić information content (AvgIpc) is 3.26. The lowest BCUT2D eigenvalue weighted by atomic mass is 10.2. The number of hydrogen-bond donors (Lipinski definition) is 1.